The van der Waals surface area contributed by atoms with Gasteiger partial charge in [-0.25, -0.2) is 0 Å². The molecule has 2 saturated carbocycles. The lowest BCUT2D eigenvalue weighted by atomic mass is 9.64. The van der Waals surface area contributed by atoms with Gasteiger partial charge < -0.3 is 18.4 Å². The van der Waals surface area contributed by atoms with Crippen molar-refractivity contribution in [1.29, 1.82) is 0 Å². The maximum absolute atomic E-state index is 12.3. The highest BCUT2D eigenvalue weighted by atomic mass is 31.2. The van der Waals surface area contributed by atoms with Gasteiger partial charge in [0.05, 0.1) is 26.8 Å². The number of nitrogens with zero attached hydrogens (tertiary/aromatic N) is 1. The summed E-state index contributed by atoms with van der Waals surface area (Å²) in [5, 5.41) is 0. The van der Waals surface area contributed by atoms with E-state index in [4.69, 9.17) is 9.05 Å². The van der Waals surface area contributed by atoms with Crippen molar-refractivity contribution in [2.75, 3.05) is 20.7 Å². The summed E-state index contributed by atoms with van der Waals surface area (Å²) in [6.45, 7) is 2.55. The molecule has 34 heavy (non-hydrogen) atoms. The van der Waals surface area contributed by atoms with Crippen molar-refractivity contribution in [3.63, 3.8) is 0 Å². The van der Waals surface area contributed by atoms with Crippen molar-refractivity contribution in [3.05, 3.63) is 0 Å². The summed E-state index contributed by atoms with van der Waals surface area (Å²) in [5.74, 6) is 0.631. The highest BCUT2D eigenvalue weighted by Gasteiger charge is 2.82. The van der Waals surface area contributed by atoms with Gasteiger partial charge in [0.1, 0.15) is 6.04 Å². The van der Waals surface area contributed by atoms with E-state index in [1.54, 1.807) is 0 Å². The zero-order chi connectivity index (χ0) is 24.5. The van der Waals surface area contributed by atoms with Gasteiger partial charge in [-0.15, -0.1) is 0 Å². The summed E-state index contributed by atoms with van der Waals surface area (Å²) in [6, 6.07) is 0.574. The first-order chi connectivity index (χ1) is 16.3. The molecular weight excluding hydrogens is 445 g/mol. The molecule has 0 aromatic carbocycles. The van der Waals surface area contributed by atoms with Gasteiger partial charge in [-0.3, -0.25) is 4.57 Å². The number of rotatable bonds is 20. The first-order valence-electron chi connectivity index (χ1n) is 14.8. The van der Waals surface area contributed by atoms with Gasteiger partial charge >= 0.3 is 0 Å². The van der Waals surface area contributed by atoms with E-state index in [0.717, 1.165) is 30.2 Å². The van der Waals surface area contributed by atoms with Crippen LogP contribution < -0.4 is 4.89 Å². The number of hydrogen-bond donors (Lipinski definition) is 0. The van der Waals surface area contributed by atoms with E-state index >= 15 is 0 Å². The van der Waals surface area contributed by atoms with Crippen LogP contribution in [0.2, 0.25) is 0 Å². The number of quaternary nitrogens is 1. The van der Waals surface area contributed by atoms with Crippen molar-refractivity contribution >= 4 is 7.82 Å². The van der Waals surface area contributed by atoms with Crippen LogP contribution in [0.4, 0.5) is 0 Å². The Morgan fingerprint density at radius 2 is 1.32 bits per heavy atom. The summed E-state index contributed by atoms with van der Waals surface area (Å²) in [5.41, 5.74) is 0.446. The number of likely N-dealkylation sites (N-methyl/N-ethyl adjacent to an activating group) is 1. The second-order valence-corrected chi connectivity index (χ2v) is 13.4. The summed E-state index contributed by atoms with van der Waals surface area (Å²) in [4.78, 5) is 12.3. The molecule has 1 heterocycles. The predicted molar refractivity (Wildman–Crippen MR) is 139 cm³/mol. The van der Waals surface area contributed by atoms with E-state index in [1.165, 1.54) is 103 Å². The van der Waals surface area contributed by atoms with Crippen LogP contribution in [-0.2, 0) is 13.6 Å². The van der Waals surface area contributed by atoms with Crippen LogP contribution in [-0.4, -0.2) is 42.9 Å². The second kappa shape index (κ2) is 13.6. The maximum atomic E-state index is 12.3. The summed E-state index contributed by atoms with van der Waals surface area (Å²) in [6.07, 6.45) is 25.0. The Morgan fingerprint density at radius 3 is 1.76 bits per heavy atom. The fourth-order valence-corrected chi connectivity index (χ4v) is 8.25. The molecule has 0 aromatic rings. The predicted octanol–water partition coefficient (Wildman–Crippen LogP) is 7.52. The minimum absolute atomic E-state index is 0.183. The third-order valence-electron chi connectivity index (χ3n) is 9.52. The van der Waals surface area contributed by atoms with Crippen LogP contribution in [0.1, 0.15) is 135 Å². The lowest BCUT2D eigenvalue weighted by Crippen LogP contribution is -2.47. The van der Waals surface area contributed by atoms with Crippen molar-refractivity contribution in [1.82, 2.24) is 0 Å². The van der Waals surface area contributed by atoms with Gasteiger partial charge in [0, 0.05) is 18.8 Å². The molecule has 0 bridgehead atoms. The Bertz CT molecular complexity index is 642. The van der Waals surface area contributed by atoms with E-state index in [9.17, 15) is 9.46 Å². The van der Waals surface area contributed by atoms with Gasteiger partial charge in [-0.05, 0) is 19.3 Å². The van der Waals surface area contributed by atoms with E-state index in [0.29, 0.717) is 17.5 Å². The van der Waals surface area contributed by atoms with Crippen LogP contribution in [0.25, 0.3) is 0 Å². The highest BCUT2D eigenvalue weighted by Crippen LogP contribution is 2.68. The molecule has 2 aliphatic carbocycles. The van der Waals surface area contributed by atoms with Gasteiger partial charge in [-0.1, -0.05) is 103 Å². The Labute approximate surface area is 210 Å². The molecule has 0 radical (unpaired) electrons. The van der Waals surface area contributed by atoms with Crippen LogP contribution in [0, 0.1) is 5.92 Å². The SMILES string of the molecule is CCCCCCCCCCCCCCCCCCOP(=O)([O-])OC1CC2CCC23C(C1)[N+]3(C)C. The van der Waals surface area contributed by atoms with Crippen molar-refractivity contribution in [2.45, 2.75) is 153 Å². The minimum atomic E-state index is -4.18. The number of likely N-dealkylation sites (tertiary alicyclic amines) is 1. The molecular formula is C28H54NO4P. The lowest BCUT2D eigenvalue weighted by Gasteiger charge is -2.41. The number of hydrogen-bond acceptors (Lipinski definition) is 4. The number of phosphoric acid groups is 1. The maximum Gasteiger partial charge on any atom is 0.268 e. The van der Waals surface area contributed by atoms with Gasteiger partial charge in [0.2, 0.25) is 0 Å². The highest BCUT2D eigenvalue weighted by molar-refractivity contribution is 7.45. The minimum Gasteiger partial charge on any atom is -0.756 e. The molecule has 5 atom stereocenters. The summed E-state index contributed by atoms with van der Waals surface area (Å²) >= 11 is 0. The molecule has 5 unspecified atom stereocenters. The topological polar surface area (TPSA) is 58.6 Å². The standard InChI is InChI=1S/C28H54NO4P/c1-4-5-6-7-8-9-10-11-12-13-14-15-16-17-18-19-22-32-34(30,31)33-26-23-25-20-21-28(25)27(24-26)29(28,2)3/h25-27H,4-24H2,1-3H3. The average Bonchev–Trinajstić information content (AvgIpc) is 3.29. The molecule has 0 amide bonds. The normalized spacial score (nSPS) is 30.8. The summed E-state index contributed by atoms with van der Waals surface area (Å²) in [7, 11) is 0.409. The van der Waals surface area contributed by atoms with Gasteiger partial charge in [0.25, 0.3) is 7.82 Å². The van der Waals surface area contributed by atoms with E-state index in [-0.39, 0.29) is 12.7 Å². The Kier molecular flexibility index (Phi) is 11.4. The third-order valence-corrected chi connectivity index (χ3v) is 10.6. The molecule has 6 heteroatoms. The third kappa shape index (κ3) is 7.54. The Balaban J connectivity index is 1.10. The number of unbranched alkanes of at least 4 members (excludes halogenated alkanes) is 15. The van der Waals surface area contributed by atoms with Crippen molar-refractivity contribution in [3.8, 4) is 0 Å². The molecule has 1 aliphatic heterocycles. The van der Waals surface area contributed by atoms with Crippen LogP contribution in [0.5, 0.6) is 0 Å². The van der Waals surface area contributed by atoms with E-state index in [1.807, 2.05) is 0 Å². The van der Waals surface area contributed by atoms with Crippen molar-refractivity contribution in [2.24, 2.45) is 5.92 Å². The quantitative estimate of drug-likeness (QED) is 0.0752. The fourth-order valence-electron chi connectivity index (χ4n) is 7.30. The van der Waals surface area contributed by atoms with Gasteiger partial charge in [-0.2, -0.15) is 0 Å². The molecule has 3 rings (SSSR count). The number of phosphoric ester groups is 1. The zero-order valence-electron chi connectivity index (χ0n) is 22.6. The van der Waals surface area contributed by atoms with Crippen LogP contribution >= 0.6 is 7.82 Å². The largest absolute Gasteiger partial charge is 0.756 e. The molecule has 0 aromatic heterocycles. The Morgan fingerprint density at radius 1 is 0.824 bits per heavy atom. The van der Waals surface area contributed by atoms with E-state index < -0.39 is 7.82 Å². The van der Waals surface area contributed by atoms with Gasteiger partial charge in [0.15, 0.2) is 5.54 Å². The molecule has 1 spiro atoms. The molecule has 1 saturated heterocycles. The smallest absolute Gasteiger partial charge is 0.268 e. The molecule has 200 valence electrons. The first kappa shape index (κ1) is 28.6. The molecule has 5 nitrogen and oxygen atoms in total. The monoisotopic (exact) mass is 499 g/mol. The molecule has 0 N–H and O–H groups in total. The van der Waals surface area contributed by atoms with Crippen molar-refractivity contribution < 1.29 is 23.0 Å². The first-order valence-corrected chi connectivity index (χ1v) is 16.3. The fraction of sp³-hybridized carbons (Fsp3) is 1.00. The lowest BCUT2D eigenvalue weighted by molar-refractivity contribution is -0.806. The zero-order valence-corrected chi connectivity index (χ0v) is 23.5. The average molecular weight is 500 g/mol. The van der Waals surface area contributed by atoms with E-state index in [2.05, 4.69) is 21.0 Å². The molecule has 3 aliphatic rings. The Hall–Kier alpha value is 0.0700. The van der Waals surface area contributed by atoms with Crippen LogP contribution in [0.15, 0.2) is 0 Å². The second-order valence-electron chi connectivity index (χ2n) is 12.1. The molecule has 3 fully saturated rings. The van der Waals surface area contributed by atoms with Crippen LogP contribution in [0.3, 0.4) is 0 Å². The summed E-state index contributed by atoms with van der Waals surface area (Å²) < 4.78 is 24.1.